The molecule has 2 aromatic rings. The number of nitrogens with two attached hydrogens (primary N) is 1. The van der Waals surface area contributed by atoms with Crippen LogP contribution in [0.5, 0.6) is 0 Å². The molecule has 0 saturated heterocycles. The molecule has 82 valence electrons. The average Bonchev–Trinajstić information content (AvgIpc) is 2.47. The molecule has 1 aromatic heterocycles. The summed E-state index contributed by atoms with van der Waals surface area (Å²) >= 11 is 6.01. The fraction of sp³-hybridized carbons (Fsp3) is 0.300. The van der Waals surface area contributed by atoms with Crippen molar-refractivity contribution >= 4 is 34.9 Å². The molecule has 1 aromatic carbocycles. The number of halogens is 2. The Kier molecular flexibility index (Phi) is 3.28. The van der Waals surface area contributed by atoms with Gasteiger partial charge in [-0.1, -0.05) is 23.7 Å². The van der Waals surface area contributed by atoms with Crippen molar-refractivity contribution in [1.29, 1.82) is 0 Å². The van der Waals surface area contributed by atoms with Crippen LogP contribution in [0, 0.1) is 0 Å². The zero-order valence-corrected chi connectivity index (χ0v) is 10.1. The molecule has 1 heterocycles. The third-order valence-corrected chi connectivity index (χ3v) is 2.47. The van der Waals surface area contributed by atoms with E-state index < -0.39 is 5.54 Å². The molecule has 0 atom stereocenters. The third-order valence-electron chi connectivity index (χ3n) is 2.16. The van der Waals surface area contributed by atoms with Crippen molar-refractivity contribution < 1.29 is 0 Å². The Hall–Kier alpha value is -0.770. The summed E-state index contributed by atoms with van der Waals surface area (Å²) in [4.78, 5) is 0. The van der Waals surface area contributed by atoms with Crippen LogP contribution in [0.25, 0.3) is 10.9 Å². The molecule has 0 unspecified atom stereocenters. The number of aromatic amines is 1. The number of H-pyrrole nitrogens is 1. The quantitative estimate of drug-likeness (QED) is 0.812. The lowest BCUT2D eigenvalue weighted by Gasteiger charge is -2.15. The van der Waals surface area contributed by atoms with Crippen LogP contribution in [0.2, 0.25) is 5.02 Å². The van der Waals surface area contributed by atoms with E-state index in [1.54, 1.807) is 0 Å². The molecule has 5 heteroatoms. The Morgan fingerprint density at radius 1 is 1.40 bits per heavy atom. The Morgan fingerprint density at radius 2 is 2.07 bits per heavy atom. The monoisotopic (exact) mass is 245 g/mol. The second kappa shape index (κ2) is 4.00. The van der Waals surface area contributed by atoms with Crippen LogP contribution in [0.3, 0.4) is 0 Å². The van der Waals surface area contributed by atoms with Crippen LogP contribution < -0.4 is 5.73 Å². The average molecular weight is 246 g/mol. The van der Waals surface area contributed by atoms with Gasteiger partial charge in [-0.15, -0.1) is 12.4 Å². The predicted molar refractivity (Wildman–Crippen MR) is 65.6 cm³/mol. The summed E-state index contributed by atoms with van der Waals surface area (Å²) in [5.41, 5.74) is 7.23. The number of rotatable bonds is 1. The van der Waals surface area contributed by atoms with Gasteiger partial charge in [-0.3, -0.25) is 5.10 Å². The fourth-order valence-electron chi connectivity index (χ4n) is 1.50. The molecule has 0 spiro atoms. The molecule has 0 saturated carbocycles. The number of fused-ring (bicyclic) bond motifs is 1. The first-order chi connectivity index (χ1) is 6.50. The molecule has 0 fully saturated rings. The number of nitrogens with one attached hydrogen (secondary N) is 1. The Balaban J connectivity index is 0.00000112. The molecule has 3 N–H and O–H groups in total. The van der Waals surface area contributed by atoms with Crippen LogP contribution in [-0.2, 0) is 5.54 Å². The standard InChI is InChI=1S/C10H12ClN3.ClH/c1-10(2,12)9-6-4-3-5-7(11)8(6)13-14-9;/h3-5H,12H2,1-2H3,(H,13,14);1H. The lowest BCUT2D eigenvalue weighted by molar-refractivity contribution is 0.538. The SMILES string of the molecule is CC(C)(N)c1n[nH]c2c(Cl)cccc12.Cl. The Bertz CT molecular complexity index is 471. The van der Waals surface area contributed by atoms with Crippen molar-refractivity contribution in [3.05, 3.63) is 28.9 Å². The second-order valence-electron chi connectivity index (χ2n) is 3.96. The minimum atomic E-state index is -0.455. The summed E-state index contributed by atoms with van der Waals surface area (Å²) in [6.07, 6.45) is 0. The topological polar surface area (TPSA) is 54.7 Å². The van der Waals surface area contributed by atoms with Crippen LogP contribution in [0.1, 0.15) is 19.5 Å². The predicted octanol–water partition coefficient (Wildman–Crippen LogP) is 2.83. The van der Waals surface area contributed by atoms with E-state index in [-0.39, 0.29) is 12.4 Å². The van der Waals surface area contributed by atoms with Crippen molar-refractivity contribution in [3.8, 4) is 0 Å². The first-order valence-corrected chi connectivity index (χ1v) is 4.80. The summed E-state index contributed by atoms with van der Waals surface area (Å²) in [6.45, 7) is 3.84. The van der Waals surface area contributed by atoms with Gasteiger partial charge in [0.25, 0.3) is 0 Å². The van der Waals surface area contributed by atoms with Crippen LogP contribution in [-0.4, -0.2) is 10.2 Å². The highest BCUT2D eigenvalue weighted by atomic mass is 35.5. The van der Waals surface area contributed by atoms with Crippen LogP contribution in [0.4, 0.5) is 0 Å². The zero-order valence-electron chi connectivity index (χ0n) is 8.54. The molecule has 3 nitrogen and oxygen atoms in total. The first-order valence-electron chi connectivity index (χ1n) is 4.42. The van der Waals surface area contributed by atoms with E-state index in [0.717, 1.165) is 16.6 Å². The zero-order chi connectivity index (χ0) is 10.3. The molecule has 15 heavy (non-hydrogen) atoms. The molecule has 0 aliphatic carbocycles. The van der Waals surface area contributed by atoms with E-state index in [1.807, 2.05) is 32.0 Å². The van der Waals surface area contributed by atoms with Gasteiger partial charge in [-0.25, -0.2) is 0 Å². The van der Waals surface area contributed by atoms with Gasteiger partial charge in [0.05, 0.1) is 21.8 Å². The summed E-state index contributed by atoms with van der Waals surface area (Å²) < 4.78 is 0. The van der Waals surface area contributed by atoms with Gasteiger partial charge in [0.15, 0.2) is 0 Å². The molecule has 2 rings (SSSR count). The summed E-state index contributed by atoms with van der Waals surface area (Å²) in [6, 6.07) is 5.69. The van der Waals surface area contributed by atoms with Gasteiger partial charge in [0.1, 0.15) is 0 Å². The largest absolute Gasteiger partial charge is 0.320 e. The lowest BCUT2D eigenvalue weighted by Crippen LogP contribution is -2.29. The highest BCUT2D eigenvalue weighted by molar-refractivity contribution is 6.35. The maximum Gasteiger partial charge on any atom is 0.0894 e. The minimum absolute atomic E-state index is 0. The molecular formula is C10H13Cl2N3. The van der Waals surface area contributed by atoms with E-state index in [4.69, 9.17) is 17.3 Å². The fourth-order valence-corrected chi connectivity index (χ4v) is 1.72. The molecule has 0 radical (unpaired) electrons. The van der Waals surface area contributed by atoms with Gasteiger partial charge < -0.3 is 5.73 Å². The van der Waals surface area contributed by atoms with Crippen molar-refractivity contribution in [3.63, 3.8) is 0 Å². The number of aromatic nitrogens is 2. The minimum Gasteiger partial charge on any atom is -0.320 e. The highest BCUT2D eigenvalue weighted by Gasteiger charge is 2.21. The number of benzene rings is 1. The number of hydrogen-bond donors (Lipinski definition) is 2. The number of hydrogen-bond acceptors (Lipinski definition) is 2. The first kappa shape index (κ1) is 12.3. The maximum atomic E-state index is 6.01. The van der Waals surface area contributed by atoms with Crippen molar-refractivity contribution in [2.45, 2.75) is 19.4 Å². The van der Waals surface area contributed by atoms with Crippen molar-refractivity contribution in [2.75, 3.05) is 0 Å². The summed E-state index contributed by atoms with van der Waals surface area (Å²) in [5.74, 6) is 0. The normalized spacial score (nSPS) is 11.5. The van der Waals surface area contributed by atoms with E-state index in [1.165, 1.54) is 0 Å². The van der Waals surface area contributed by atoms with Crippen molar-refractivity contribution in [1.82, 2.24) is 10.2 Å². The molecule has 0 aliphatic heterocycles. The third kappa shape index (κ3) is 2.09. The number of para-hydroxylation sites is 1. The van der Waals surface area contributed by atoms with E-state index in [0.29, 0.717) is 5.02 Å². The maximum absolute atomic E-state index is 6.01. The van der Waals surface area contributed by atoms with Gasteiger partial charge in [-0.05, 0) is 19.9 Å². The highest BCUT2D eigenvalue weighted by Crippen LogP contribution is 2.28. The van der Waals surface area contributed by atoms with E-state index in [2.05, 4.69) is 10.2 Å². The van der Waals surface area contributed by atoms with Crippen LogP contribution >= 0.6 is 24.0 Å². The molecule has 0 aliphatic rings. The molecular weight excluding hydrogens is 233 g/mol. The van der Waals surface area contributed by atoms with Gasteiger partial charge in [0.2, 0.25) is 0 Å². The van der Waals surface area contributed by atoms with E-state index in [9.17, 15) is 0 Å². The van der Waals surface area contributed by atoms with E-state index >= 15 is 0 Å². The van der Waals surface area contributed by atoms with Crippen LogP contribution in [0.15, 0.2) is 18.2 Å². The summed E-state index contributed by atoms with van der Waals surface area (Å²) in [5, 5.41) is 8.76. The van der Waals surface area contributed by atoms with Gasteiger partial charge in [0, 0.05) is 5.39 Å². The van der Waals surface area contributed by atoms with Gasteiger partial charge in [-0.2, -0.15) is 5.10 Å². The lowest BCUT2D eigenvalue weighted by atomic mass is 9.99. The Labute approximate surface area is 99.4 Å². The second-order valence-corrected chi connectivity index (χ2v) is 4.36. The smallest absolute Gasteiger partial charge is 0.0894 e. The Morgan fingerprint density at radius 3 is 2.67 bits per heavy atom. The molecule has 0 amide bonds. The van der Waals surface area contributed by atoms with Crippen molar-refractivity contribution in [2.24, 2.45) is 5.73 Å². The van der Waals surface area contributed by atoms with Gasteiger partial charge >= 0.3 is 0 Å². The molecule has 0 bridgehead atoms. The number of nitrogens with zero attached hydrogens (tertiary/aromatic N) is 1. The summed E-state index contributed by atoms with van der Waals surface area (Å²) in [7, 11) is 0.